The minimum absolute atomic E-state index is 0.0325. The van der Waals surface area contributed by atoms with Crippen LogP contribution in [0.2, 0.25) is 0 Å². The van der Waals surface area contributed by atoms with Crippen molar-refractivity contribution in [1.29, 1.82) is 0 Å². The fraction of sp³-hybridized carbons (Fsp3) is 0.800. The van der Waals surface area contributed by atoms with E-state index in [4.69, 9.17) is 4.74 Å². The van der Waals surface area contributed by atoms with Crippen molar-refractivity contribution >= 4 is 17.5 Å². The van der Waals surface area contributed by atoms with Gasteiger partial charge in [-0.15, -0.1) is 0 Å². The lowest BCUT2D eigenvalue weighted by molar-refractivity contribution is -0.202. The van der Waals surface area contributed by atoms with E-state index in [1.165, 1.54) is 0 Å². The van der Waals surface area contributed by atoms with E-state index in [9.17, 15) is 24.6 Å². The molecule has 4 rings (SSSR count). The van der Waals surface area contributed by atoms with Gasteiger partial charge in [0.05, 0.1) is 6.10 Å². The molecular weight excluding hydrogens is 396 g/mol. The van der Waals surface area contributed by atoms with Crippen molar-refractivity contribution in [2.24, 2.45) is 28.6 Å². The van der Waals surface area contributed by atoms with Gasteiger partial charge in [0.2, 0.25) is 5.78 Å². The number of esters is 1. The van der Waals surface area contributed by atoms with Gasteiger partial charge in [-0.25, -0.2) is 0 Å². The fourth-order valence-electron chi connectivity index (χ4n) is 7.94. The number of Topliss-reactive ketones (excluding diaryl/α,β-unsaturated/α-hetero) is 1. The van der Waals surface area contributed by atoms with Crippen LogP contribution in [0, 0.1) is 28.6 Å². The minimum Gasteiger partial charge on any atom is -0.450 e. The molecule has 31 heavy (non-hydrogen) atoms. The molecule has 6 nitrogen and oxygen atoms in total. The molecule has 0 aliphatic heterocycles. The van der Waals surface area contributed by atoms with Crippen LogP contribution >= 0.6 is 0 Å². The van der Waals surface area contributed by atoms with Gasteiger partial charge in [-0.2, -0.15) is 0 Å². The summed E-state index contributed by atoms with van der Waals surface area (Å²) in [6, 6.07) is 0. The molecule has 2 N–H and O–H groups in total. The number of allylic oxidation sites excluding steroid dienone is 1. The number of hydrogen-bond acceptors (Lipinski definition) is 6. The zero-order chi connectivity index (χ0) is 22.6. The van der Waals surface area contributed by atoms with Gasteiger partial charge in [-0.1, -0.05) is 26.3 Å². The van der Waals surface area contributed by atoms with Gasteiger partial charge in [0.25, 0.3) is 0 Å². The number of carbonyl (C=O) groups excluding carboxylic acids is 3. The number of carbonyl (C=O) groups is 3. The van der Waals surface area contributed by atoms with Crippen LogP contribution in [0.25, 0.3) is 0 Å². The molecule has 3 saturated carbocycles. The SMILES string of the molecule is CCCC(=O)O[C@@]1(C(=O)CO)CC[C@@H]2[C@H]3CCC4=CC(=O)CC[C@@]4(C)[C@@H]3[C@@H](O)C[C@]21C. The van der Waals surface area contributed by atoms with Crippen molar-refractivity contribution in [2.45, 2.75) is 90.3 Å². The molecule has 0 aromatic heterocycles. The predicted molar refractivity (Wildman–Crippen MR) is 114 cm³/mol. The van der Waals surface area contributed by atoms with Crippen LogP contribution in [-0.4, -0.2) is 46.1 Å². The Hall–Kier alpha value is -1.53. The first-order valence-electron chi connectivity index (χ1n) is 11.9. The lowest BCUT2D eigenvalue weighted by atomic mass is 9.45. The highest BCUT2D eigenvalue weighted by Gasteiger charge is 2.70. The number of rotatable bonds is 5. The van der Waals surface area contributed by atoms with E-state index in [0.29, 0.717) is 25.7 Å². The number of aliphatic hydroxyl groups excluding tert-OH is 2. The smallest absolute Gasteiger partial charge is 0.306 e. The lowest BCUT2D eigenvalue weighted by Crippen LogP contribution is -2.63. The molecule has 0 radical (unpaired) electrons. The third-order valence-corrected chi connectivity index (χ3v) is 9.35. The summed E-state index contributed by atoms with van der Waals surface area (Å²) in [7, 11) is 0. The summed E-state index contributed by atoms with van der Waals surface area (Å²) in [6.07, 6.45) is 6.48. The van der Waals surface area contributed by atoms with Crippen molar-refractivity contribution in [1.82, 2.24) is 0 Å². The zero-order valence-corrected chi connectivity index (χ0v) is 19.0. The van der Waals surface area contributed by atoms with Crippen molar-refractivity contribution in [2.75, 3.05) is 6.61 Å². The van der Waals surface area contributed by atoms with Crippen LogP contribution in [0.5, 0.6) is 0 Å². The summed E-state index contributed by atoms with van der Waals surface area (Å²) in [4.78, 5) is 37.6. The fourth-order valence-corrected chi connectivity index (χ4v) is 7.94. The van der Waals surface area contributed by atoms with Crippen LogP contribution in [-0.2, 0) is 19.1 Å². The Balaban J connectivity index is 1.73. The summed E-state index contributed by atoms with van der Waals surface area (Å²) in [5.74, 6) is -0.320. The van der Waals surface area contributed by atoms with Gasteiger partial charge < -0.3 is 14.9 Å². The quantitative estimate of drug-likeness (QED) is 0.648. The monoisotopic (exact) mass is 432 g/mol. The summed E-state index contributed by atoms with van der Waals surface area (Å²) in [5.41, 5.74) is -1.12. The Bertz CT molecular complexity index is 817. The lowest BCUT2D eigenvalue weighted by Gasteiger charge is -2.60. The second-order valence-corrected chi connectivity index (χ2v) is 10.7. The predicted octanol–water partition coefficient (Wildman–Crippen LogP) is 3.13. The van der Waals surface area contributed by atoms with E-state index in [-0.39, 0.29) is 35.4 Å². The summed E-state index contributed by atoms with van der Waals surface area (Å²) in [6.45, 7) is 5.39. The highest BCUT2D eigenvalue weighted by Crippen LogP contribution is 2.68. The normalized spacial score (nSPS) is 44.0. The molecule has 0 bridgehead atoms. The Kier molecular flexibility index (Phi) is 5.70. The Morgan fingerprint density at radius 1 is 1.19 bits per heavy atom. The Morgan fingerprint density at radius 2 is 1.94 bits per heavy atom. The molecule has 4 aliphatic rings. The van der Waals surface area contributed by atoms with E-state index in [2.05, 4.69) is 6.92 Å². The highest BCUT2D eigenvalue weighted by molar-refractivity contribution is 5.92. The number of hydrogen-bond donors (Lipinski definition) is 2. The number of aliphatic hydroxyl groups is 2. The maximum absolute atomic E-state index is 13.1. The Morgan fingerprint density at radius 3 is 2.61 bits per heavy atom. The third-order valence-electron chi connectivity index (χ3n) is 9.35. The van der Waals surface area contributed by atoms with Gasteiger partial charge in [0.15, 0.2) is 11.4 Å². The van der Waals surface area contributed by atoms with Gasteiger partial charge >= 0.3 is 5.97 Å². The van der Waals surface area contributed by atoms with E-state index in [1.54, 1.807) is 6.08 Å². The average Bonchev–Trinajstić information content (AvgIpc) is 3.00. The van der Waals surface area contributed by atoms with Crippen molar-refractivity contribution in [3.8, 4) is 0 Å². The van der Waals surface area contributed by atoms with Crippen molar-refractivity contribution in [3.63, 3.8) is 0 Å². The van der Waals surface area contributed by atoms with Crippen LogP contribution in [0.4, 0.5) is 0 Å². The molecule has 0 spiro atoms. The third kappa shape index (κ3) is 3.16. The minimum atomic E-state index is -1.37. The topological polar surface area (TPSA) is 101 Å². The summed E-state index contributed by atoms with van der Waals surface area (Å²) >= 11 is 0. The summed E-state index contributed by atoms with van der Waals surface area (Å²) in [5, 5.41) is 21.3. The van der Waals surface area contributed by atoms with Crippen molar-refractivity contribution in [3.05, 3.63) is 11.6 Å². The van der Waals surface area contributed by atoms with Crippen LogP contribution < -0.4 is 0 Å². The first-order valence-corrected chi connectivity index (χ1v) is 11.9. The van der Waals surface area contributed by atoms with Crippen LogP contribution in [0.3, 0.4) is 0 Å². The molecule has 172 valence electrons. The first kappa shape index (κ1) is 22.7. The van der Waals surface area contributed by atoms with Crippen LogP contribution in [0.1, 0.15) is 78.6 Å². The van der Waals surface area contributed by atoms with Gasteiger partial charge in [0, 0.05) is 18.3 Å². The molecule has 0 aromatic carbocycles. The molecule has 7 atom stereocenters. The standard InChI is InChI=1S/C25H36O6/c1-4-5-21(30)31-25(20(29)14-26)11-9-18-17-7-6-15-12-16(27)8-10-23(15,2)22(17)19(28)13-24(18,25)3/h12,17-19,22,26,28H,4-11,13-14H2,1-3H3/t17-,18-,19+,22+,23-,24-,25-/m1/s1. The van der Waals surface area contributed by atoms with Gasteiger partial charge in [-0.3, -0.25) is 14.4 Å². The molecular formula is C25H36O6. The summed E-state index contributed by atoms with van der Waals surface area (Å²) < 4.78 is 5.92. The zero-order valence-electron chi connectivity index (χ0n) is 19.0. The number of fused-ring (bicyclic) bond motifs is 5. The van der Waals surface area contributed by atoms with Crippen molar-refractivity contribution < 1.29 is 29.3 Å². The highest BCUT2D eigenvalue weighted by atomic mass is 16.6. The molecule has 0 aromatic rings. The largest absolute Gasteiger partial charge is 0.450 e. The second kappa shape index (κ2) is 7.80. The molecule has 4 aliphatic carbocycles. The Labute approximate surface area is 184 Å². The molecule has 0 amide bonds. The number of ether oxygens (including phenoxy) is 1. The first-order chi connectivity index (χ1) is 14.6. The van der Waals surface area contributed by atoms with E-state index >= 15 is 0 Å². The van der Waals surface area contributed by atoms with Gasteiger partial charge in [-0.05, 0) is 74.2 Å². The van der Waals surface area contributed by atoms with E-state index in [0.717, 1.165) is 31.3 Å². The molecule has 0 unspecified atom stereocenters. The number of ketones is 2. The van der Waals surface area contributed by atoms with E-state index in [1.807, 2.05) is 13.8 Å². The molecule has 0 saturated heterocycles. The van der Waals surface area contributed by atoms with Crippen LogP contribution in [0.15, 0.2) is 11.6 Å². The average molecular weight is 433 g/mol. The second-order valence-electron chi connectivity index (χ2n) is 10.7. The van der Waals surface area contributed by atoms with E-state index < -0.39 is 35.5 Å². The molecule has 3 fully saturated rings. The maximum Gasteiger partial charge on any atom is 0.306 e. The molecule has 0 heterocycles. The van der Waals surface area contributed by atoms with Gasteiger partial charge in [0.1, 0.15) is 6.61 Å². The maximum atomic E-state index is 13.1. The molecule has 6 heteroatoms.